The van der Waals surface area contributed by atoms with Gasteiger partial charge in [-0.1, -0.05) is 24.3 Å². The number of hydrazine groups is 1. The van der Waals surface area contributed by atoms with Gasteiger partial charge in [-0.05, 0) is 25.5 Å². The second kappa shape index (κ2) is 11.0. The summed E-state index contributed by atoms with van der Waals surface area (Å²) in [6.07, 6.45) is 8.04. The number of anilines is 1. The molecule has 2 saturated heterocycles. The molecule has 10 nitrogen and oxygen atoms in total. The van der Waals surface area contributed by atoms with Crippen LogP contribution in [0.25, 0.3) is 0 Å². The highest BCUT2D eigenvalue weighted by atomic mass is 32.2. The molecule has 1 unspecified atom stereocenters. The lowest BCUT2D eigenvalue weighted by Crippen LogP contribution is -2.60. The topological polar surface area (TPSA) is 97.5 Å². The molecule has 4 rings (SSSR count). The number of hydrogen-bond donors (Lipinski definition) is 2. The molecule has 2 N–H and O–H groups in total. The number of nitrogens with zero attached hydrogens (tertiary/aromatic N) is 4. The first kappa shape index (κ1) is 25.6. The molecule has 0 saturated carbocycles. The summed E-state index contributed by atoms with van der Waals surface area (Å²) in [6, 6.07) is 4.24. The van der Waals surface area contributed by atoms with E-state index < -0.39 is 22.1 Å². The van der Waals surface area contributed by atoms with Crippen LogP contribution >= 0.6 is 0 Å². The number of nitrogens with one attached hydrogen (secondary N) is 2. The fourth-order valence-electron chi connectivity index (χ4n) is 4.36. The molecule has 0 bridgehead atoms. The minimum absolute atomic E-state index is 0.112. The zero-order valence-corrected chi connectivity index (χ0v) is 20.9. The summed E-state index contributed by atoms with van der Waals surface area (Å²) in [7, 11) is -1.90. The maximum absolute atomic E-state index is 15.3. The number of carbonyl (C=O) groups excluding carboxylic acids is 1. The lowest BCUT2D eigenvalue weighted by atomic mass is 10.1. The van der Waals surface area contributed by atoms with E-state index in [0.717, 1.165) is 6.42 Å². The van der Waals surface area contributed by atoms with Gasteiger partial charge in [-0.3, -0.25) is 20.7 Å². The first-order valence-electron chi connectivity index (χ1n) is 11.8. The largest absolute Gasteiger partial charge is 0.383 e. The third-order valence-electron chi connectivity index (χ3n) is 6.57. The van der Waals surface area contributed by atoms with Crippen molar-refractivity contribution in [2.75, 3.05) is 51.9 Å². The number of urea groups is 1. The molecule has 0 spiro atoms. The van der Waals surface area contributed by atoms with Gasteiger partial charge >= 0.3 is 6.03 Å². The zero-order chi connectivity index (χ0) is 25.0. The van der Waals surface area contributed by atoms with E-state index in [2.05, 4.69) is 10.9 Å². The fraction of sp³-hybridized carbons (Fsp3) is 0.522. The van der Waals surface area contributed by atoms with Crippen molar-refractivity contribution in [3.63, 3.8) is 0 Å². The van der Waals surface area contributed by atoms with E-state index in [1.54, 1.807) is 37.6 Å². The Morgan fingerprint density at radius 3 is 2.66 bits per heavy atom. The number of benzene rings is 1. The van der Waals surface area contributed by atoms with Crippen molar-refractivity contribution in [3.8, 4) is 0 Å². The standard InChI is InChI=1S/C23H33FN6O4S/c1-18-7-3-4-12-30(18)23(31)26-25-21-9-5-8-19(22(21)24)15-27-13-14-29(16-20(27)17-34-2)35(32,33)28-10-6-11-28/h3-5,7-9,12,18,20,25H,6,10-11,13-17H2,1-2H3,(H,26,31)/t18?,20-/m1/s1. The molecule has 0 aromatic heterocycles. The number of carbonyl (C=O) groups is 1. The smallest absolute Gasteiger partial charge is 0.340 e. The minimum Gasteiger partial charge on any atom is -0.383 e. The molecule has 2 amide bonds. The Morgan fingerprint density at radius 2 is 1.97 bits per heavy atom. The number of hydrogen-bond acceptors (Lipinski definition) is 6. The van der Waals surface area contributed by atoms with E-state index in [4.69, 9.17) is 4.74 Å². The third-order valence-corrected chi connectivity index (χ3v) is 8.57. The number of methoxy groups -OCH3 is 1. The Balaban J connectivity index is 1.40. The highest BCUT2D eigenvalue weighted by molar-refractivity contribution is 7.86. The molecule has 35 heavy (non-hydrogen) atoms. The summed E-state index contributed by atoms with van der Waals surface area (Å²) >= 11 is 0. The van der Waals surface area contributed by atoms with Crippen LogP contribution in [0.5, 0.6) is 0 Å². The normalized spacial score (nSPS) is 23.8. The van der Waals surface area contributed by atoms with Crippen LogP contribution in [0.1, 0.15) is 18.9 Å². The molecule has 0 radical (unpaired) electrons. The molecule has 1 aromatic carbocycles. The van der Waals surface area contributed by atoms with Crippen LogP contribution in [0.2, 0.25) is 0 Å². The number of ether oxygens (including phenoxy) is 1. The average molecular weight is 509 g/mol. The van der Waals surface area contributed by atoms with Crippen LogP contribution in [-0.2, 0) is 21.5 Å². The fourth-order valence-corrected chi connectivity index (χ4v) is 6.08. The lowest BCUT2D eigenvalue weighted by Gasteiger charge is -2.43. The number of piperazine rings is 1. The van der Waals surface area contributed by atoms with Crippen LogP contribution in [0, 0.1) is 5.82 Å². The van der Waals surface area contributed by atoms with Gasteiger partial charge in [0, 0.05) is 64.2 Å². The summed E-state index contributed by atoms with van der Waals surface area (Å²) in [5.41, 5.74) is 5.83. The molecule has 3 heterocycles. The van der Waals surface area contributed by atoms with Crippen molar-refractivity contribution in [3.05, 3.63) is 54.0 Å². The third kappa shape index (κ3) is 5.67. The Labute approximate surface area is 206 Å². The maximum Gasteiger partial charge on any atom is 0.340 e. The van der Waals surface area contributed by atoms with Crippen LogP contribution < -0.4 is 10.9 Å². The first-order valence-corrected chi connectivity index (χ1v) is 13.2. The van der Waals surface area contributed by atoms with E-state index in [1.807, 2.05) is 24.0 Å². The predicted molar refractivity (Wildman–Crippen MR) is 131 cm³/mol. The van der Waals surface area contributed by atoms with E-state index in [0.29, 0.717) is 38.3 Å². The maximum atomic E-state index is 15.3. The molecule has 3 aliphatic rings. The van der Waals surface area contributed by atoms with Crippen molar-refractivity contribution in [2.45, 2.75) is 32.0 Å². The molecule has 12 heteroatoms. The lowest BCUT2D eigenvalue weighted by molar-refractivity contribution is 0.0425. The van der Waals surface area contributed by atoms with Crippen LogP contribution in [-0.4, -0.2) is 91.4 Å². The van der Waals surface area contributed by atoms with Crippen molar-refractivity contribution in [1.29, 1.82) is 0 Å². The minimum atomic E-state index is -3.47. The van der Waals surface area contributed by atoms with Crippen LogP contribution in [0.15, 0.2) is 42.6 Å². The number of halogens is 1. The number of allylic oxidation sites excluding steroid dienone is 2. The monoisotopic (exact) mass is 508 g/mol. The molecule has 2 atom stereocenters. The Morgan fingerprint density at radius 1 is 1.17 bits per heavy atom. The van der Waals surface area contributed by atoms with E-state index in [1.165, 1.54) is 13.5 Å². The second-order valence-corrected chi connectivity index (χ2v) is 10.8. The van der Waals surface area contributed by atoms with Gasteiger partial charge in [-0.2, -0.15) is 17.0 Å². The van der Waals surface area contributed by atoms with Crippen molar-refractivity contribution in [2.24, 2.45) is 0 Å². The molecule has 1 aromatic rings. The summed E-state index contributed by atoms with van der Waals surface area (Å²) in [4.78, 5) is 16.0. The summed E-state index contributed by atoms with van der Waals surface area (Å²) in [5, 5.41) is 0. The van der Waals surface area contributed by atoms with Gasteiger partial charge in [0.1, 0.15) is 0 Å². The van der Waals surface area contributed by atoms with Crippen LogP contribution in [0.4, 0.5) is 14.9 Å². The quantitative estimate of drug-likeness (QED) is 0.519. The summed E-state index contributed by atoms with van der Waals surface area (Å²) in [5.74, 6) is -0.471. The van der Waals surface area contributed by atoms with Gasteiger partial charge in [0.05, 0.1) is 18.3 Å². The molecule has 0 aliphatic carbocycles. The Bertz CT molecular complexity index is 1080. The highest BCUT2D eigenvalue weighted by Gasteiger charge is 2.38. The number of amides is 2. The van der Waals surface area contributed by atoms with Gasteiger partial charge in [0.15, 0.2) is 5.82 Å². The van der Waals surface area contributed by atoms with Crippen LogP contribution in [0.3, 0.4) is 0 Å². The van der Waals surface area contributed by atoms with Crippen molar-refractivity contribution in [1.82, 2.24) is 23.8 Å². The van der Waals surface area contributed by atoms with Gasteiger partial charge in [-0.25, -0.2) is 9.18 Å². The Hall–Kier alpha value is -2.51. The molecular weight excluding hydrogens is 475 g/mol. The molecule has 2 fully saturated rings. The van der Waals surface area contributed by atoms with E-state index in [9.17, 15) is 13.2 Å². The predicted octanol–water partition coefficient (Wildman–Crippen LogP) is 1.72. The van der Waals surface area contributed by atoms with Gasteiger partial charge in [0.25, 0.3) is 10.2 Å². The summed E-state index contributed by atoms with van der Waals surface area (Å²) < 4.78 is 49.3. The highest BCUT2D eigenvalue weighted by Crippen LogP contribution is 2.24. The molecular formula is C23H33FN6O4S. The van der Waals surface area contributed by atoms with Crippen molar-refractivity contribution >= 4 is 21.9 Å². The molecule has 192 valence electrons. The van der Waals surface area contributed by atoms with Crippen molar-refractivity contribution < 1.29 is 22.3 Å². The van der Waals surface area contributed by atoms with Gasteiger partial charge < -0.3 is 4.74 Å². The SMILES string of the molecule is COC[C@H]1CN(S(=O)(=O)N2CCC2)CCN1Cc1cccc(NNC(=O)N2C=CC=CC2C)c1F. The van der Waals surface area contributed by atoms with Gasteiger partial charge in [0.2, 0.25) is 0 Å². The summed E-state index contributed by atoms with van der Waals surface area (Å²) in [6.45, 7) is 4.71. The molecule has 3 aliphatic heterocycles. The van der Waals surface area contributed by atoms with Gasteiger partial charge in [-0.15, -0.1) is 0 Å². The first-order chi connectivity index (χ1) is 16.8. The Kier molecular flexibility index (Phi) is 8.07. The second-order valence-electron chi connectivity index (χ2n) is 8.91. The number of rotatable bonds is 8. The van der Waals surface area contributed by atoms with E-state index >= 15 is 4.39 Å². The average Bonchev–Trinajstić information content (AvgIpc) is 2.79. The van der Waals surface area contributed by atoms with E-state index in [-0.39, 0.29) is 30.9 Å². The zero-order valence-electron chi connectivity index (χ0n) is 20.1.